The topological polar surface area (TPSA) is 79.0 Å². The zero-order valence-electron chi connectivity index (χ0n) is 18.0. The number of carbonyl (C=O) groups excluding carboxylic acids is 3. The van der Waals surface area contributed by atoms with Crippen molar-refractivity contribution in [3.8, 4) is 0 Å². The number of nitrogens with one attached hydrogen (secondary N) is 1. The lowest BCUT2D eigenvalue weighted by molar-refractivity contribution is -0.186. The molecule has 0 bridgehead atoms. The highest BCUT2D eigenvalue weighted by atomic mass is 19.4. The number of halogens is 3. The fourth-order valence-electron chi connectivity index (χ4n) is 4.36. The number of hydrogen-bond donors (Lipinski definition) is 1. The lowest BCUT2D eigenvalue weighted by Crippen LogP contribution is -2.45. The van der Waals surface area contributed by atoms with E-state index in [0.29, 0.717) is 32.2 Å². The molecule has 7 nitrogen and oxygen atoms in total. The van der Waals surface area contributed by atoms with Crippen LogP contribution < -0.4 is 10.2 Å². The summed E-state index contributed by atoms with van der Waals surface area (Å²) in [6, 6.07) is 7.34. The molecule has 1 aromatic rings. The van der Waals surface area contributed by atoms with Crippen LogP contribution in [-0.4, -0.2) is 61.8 Å². The minimum Gasteiger partial charge on any atom is -0.469 e. The van der Waals surface area contributed by atoms with Crippen molar-refractivity contribution in [2.45, 2.75) is 56.7 Å². The molecule has 2 fully saturated rings. The van der Waals surface area contributed by atoms with Crippen LogP contribution >= 0.6 is 0 Å². The van der Waals surface area contributed by atoms with Crippen LogP contribution in [-0.2, 0) is 14.3 Å². The summed E-state index contributed by atoms with van der Waals surface area (Å²) >= 11 is 0. The quantitative estimate of drug-likeness (QED) is 0.504. The third-order valence-electron chi connectivity index (χ3n) is 6.14. The fourth-order valence-corrected chi connectivity index (χ4v) is 4.36. The molecule has 10 heteroatoms. The fraction of sp³-hybridized carbons (Fsp3) is 0.591. The van der Waals surface area contributed by atoms with Gasteiger partial charge < -0.3 is 15.0 Å². The zero-order chi connectivity index (χ0) is 23.3. The number of piperidine rings is 1. The van der Waals surface area contributed by atoms with E-state index in [4.69, 9.17) is 0 Å². The molecular weight excluding hydrogens is 427 g/mol. The Balaban J connectivity index is 1.55. The molecule has 2 heterocycles. The van der Waals surface area contributed by atoms with Crippen molar-refractivity contribution >= 4 is 23.6 Å². The van der Waals surface area contributed by atoms with E-state index in [-0.39, 0.29) is 37.0 Å². The Morgan fingerprint density at radius 3 is 2.38 bits per heavy atom. The molecule has 0 spiro atoms. The molecule has 0 saturated carbocycles. The summed E-state index contributed by atoms with van der Waals surface area (Å²) in [6.45, 7) is 0.685. The molecule has 1 aromatic carbocycles. The SMILES string of the molecule is COC(=O)CCCCC1CNC(=O)N1c1ccc(C2CCN(C(=O)C(F)(F)F)CC2)cc1. The van der Waals surface area contributed by atoms with E-state index >= 15 is 0 Å². The van der Waals surface area contributed by atoms with E-state index in [9.17, 15) is 27.6 Å². The lowest BCUT2D eigenvalue weighted by Gasteiger charge is -2.32. The van der Waals surface area contributed by atoms with Gasteiger partial charge in [0.15, 0.2) is 0 Å². The number of esters is 1. The average molecular weight is 455 g/mol. The molecule has 0 aliphatic carbocycles. The number of amides is 3. The van der Waals surface area contributed by atoms with Gasteiger partial charge in [-0.05, 0) is 49.3 Å². The summed E-state index contributed by atoms with van der Waals surface area (Å²) in [4.78, 5) is 37.6. The maximum atomic E-state index is 12.6. The summed E-state index contributed by atoms with van der Waals surface area (Å²) < 4.78 is 42.5. The maximum Gasteiger partial charge on any atom is 0.471 e. The first-order valence-electron chi connectivity index (χ1n) is 10.8. The van der Waals surface area contributed by atoms with Crippen molar-refractivity contribution in [2.75, 3.05) is 31.6 Å². The van der Waals surface area contributed by atoms with E-state index in [1.165, 1.54) is 7.11 Å². The molecule has 32 heavy (non-hydrogen) atoms. The van der Waals surface area contributed by atoms with Crippen molar-refractivity contribution in [1.29, 1.82) is 0 Å². The van der Waals surface area contributed by atoms with Crippen LogP contribution in [0.3, 0.4) is 0 Å². The summed E-state index contributed by atoms with van der Waals surface area (Å²) in [5.41, 5.74) is 1.74. The molecule has 1 atom stereocenters. The second-order valence-electron chi connectivity index (χ2n) is 8.19. The third-order valence-corrected chi connectivity index (χ3v) is 6.14. The summed E-state index contributed by atoms with van der Waals surface area (Å²) in [7, 11) is 1.36. The zero-order valence-corrected chi connectivity index (χ0v) is 18.0. The van der Waals surface area contributed by atoms with Crippen LogP contribution in [0.15, 0.2) is 24.3 Å². The molecule has 1 unspecified atom stereocenters. The lowest BCUT2D eigenvalue weighted by atomic mass is 9.89. The standard InChI is InChI=1S/C22H28F3N3O4/c1-32-19(29)5-3-2-4-18-14-26-21(31)28(18)17-8-6-15(7-9-17)16-10-12-27(13-11-16)20(30)22(23,24)25/h6-9,16,18H,2-5,10-14H2,1H3,(H,26,31). The molecule has 0 aromatic heterocycles. The average Bonchev–Trinajstić information content (AvgIpc) is 3.15. The number of likely N-dealkylation sites (tertiary alicyclic amines) is 1. The monoisotopic (exact) mass is 455 g/mol. The third kappa shape index (κ3) is 5.72. The van der Waals surface area contributed by atoms with Gasteiger partial charge in [-0.1, -0.05) is 18.6 Å². The van der Waals surface area contributed by atoms with Gasteiger partial charge in [-0.2, -0.15) is 13.2 Å². The highest BCUT2D eigenvalue weighted by molar-refractivity contribution is 5.95. The van der Waals surface area contributed by atoms with Crippen LogP contribution in [0.2, 0.25) is 0 Å². The van der Waals surface area contributed by atoms with Crippen molar-refractivity contribution in [2.24, 2.45) is 0 Å². The molecule has 2 saturated heterocycles. The van der Waals surface area contributed by atoms with Gasteiger partial charge in [0.05, 0.1) is 13.2 Å². The number of nitrogens with zero attached hydrogens (tertiary/aromatic N) is 2. The molecule has 2 aliphatic heterocycles. The highest BCUT2D eigenvalue weighted by Crippen LogP contribution is 2.32. The normalized spacial score (nSPS) is 19.8. The number of ether oxygens (including phenoxy) is 1. The number of methoxy groups -OCH3 is 1. The first-order valence-corrected chi connectivity index (χ1v) is 10.8. The molecular formula is C22H28F3N3O4. The summed E-state index contributed by atoms with van der Waals surface area (Å²) in [5, 5.41) is 2.85. The molecule has 176 valence electrons. The number of rotatable bonds is 7. The van der Waals surface area contributed by atoms with Crippen molar-refractivity contribution in [3.63, 3.8) is 0 Å². The highest BCUT2D eigenvalue weighted by Gasteiger charge is 2.43. The summed E-state index contributed by atoms with van der Waals surface area (Å²) in [6.07, 6.45) is -1.31. The number of benzene rings is 1. The van der Waals surface area contributed by atoms with Crippen molar-refractivity contribution < 1.29 is 32.3 Å². The van der Waals surface area contributed by atoms with Crippen LogP contribution in [0.4, 0.5) is 23.7 Å². The minimum atomic E-state index is -4.83. The van der Waals surface area contributed by atoms with Crippen LogP contribution in [0.25, 0.3) is 0 Å². The Hall–Kier alpha value is -2.78. The van der Waals surface area contributed by atoms with E-state index in [2.05, 4.69) is 10.1 Å². The predicted octanol–water partition coefficient (Wildman–Crippen LogP) is 3.59. The molecule has 1 N–H and O–H groups in total. The van der Waals surface area contributed by atoms with Gasteiger partial charge in [-0.25, -0.2) is 4.79 Å². The molecule has 0 radical (unpaired) electrons. The summed E-state index contributed by atoms with van der Waals surface area (Å²) in [5.74, 6) is -1.95. The Labute approximate surface area is 184 Å². The maximum absolute atomic E-state index is 12.6. The minimum absolute atomic E-state index is 0.0115. The Kier molecular flexibility index (Phi) is 7.63. The molecule has 3 amide bonds. The second kappa shape index (κ2) is 10.2. The van der Waals surface area contributed by atoms with Gasteiger partial charge >= 0.3 is 24.1 Å². The predicted molar refractivity (Wildman–Crippen MR) is 111 cm³/mol. The Morgan fingerprint density at radius 1 is 1.12 bits per heavy atom. The van der Waals surface area contributed by atoms with Crippen LogP contribution in [0.1, 0.15) is 50.0 Å². The molecule has 2 aliphatic rings. The van der Waals surface area contributed by atoms with Gasteiger partial charge in [0, 0.05) is 31.7 Å². The first-order chi connectivity index (χ1) is 15.2. The number of urea groups is 1. The van der Waals surface area contributed by atoms with E-state index in [1.54, 1.807) is 4.90 Å². The smallest absolute Gasteiger partial charge is 0.469 e. The Bertz CT molecular complexity index is 821. The first kappa shape index (κ1) is 23.9. The van der Waals surface area contributed by atoms with Gasteiger partial charge in [0.1, 0.15) is 0 Å². The van der Waals surface area contributed by atoms with Gasteiger partial charge in [0.25, 0.3) is 0 Å². The van der Waals surface area contributed by atoms with E-state index in [1.807, 2.05) is 24.3 Å². The largest absolute Gasteiger partial charge is 0.471 e. The van der Waals surface area contributed by atoms with Crippen LogP contribution in [0, 0.1) is 0 Å². The van der Waals surface area contributed by atoms with E-state index in [0.717, 1.165) is 29.0 Å². The van der Waals surface area contributed by atoms with Gasteiger partial charge in [0.2, 0.25) is 0 Å². The van der Waals surface area contributed by atoms with Gasteiger partial charge in [-0.15, -0.1) is 0 Å². The van der Waals surface area contributed by atoms with E-state index < -0.39 is 12.1 Å². The number of alkyl halides is 3. The van der Waals surface area contributed by atoms with Crippen LogP contribution in [0.5, 0.6) is 0 Å². The second-order valence-corrected chi connectivity index (χ2v) is 8.19. The number of unbranched alkanes of at least 4 members (excludes halogenated alkanes) is 1. The molecule has 3 rings (SSSR count). The number of anilines is 1. The number of carbonyl (C=O) groups is 3. The Morgan fingerprint density at radius 2 is 1.78 bits per heavy atom. The number of hydrogen-bond acceptors (Lipinski definition) is 4. The van der Waals surface area contributed by atoms with Crippen molar-refractivity contribution in [3.05, 3.63) is 29.8 Å². The van der Waals surface area contributed by atoms with Crippen molar-refractivity contribution in [1.82, 2.24) is 10.2 Å². The van der Waals surface area contributed by atoms with Gasteiger partial charge in [-0.3, -0.25) is 14.5 Å².